The number of aliphatic hydroxyl groups excluding tert-OH is 1. The molecule has 0 atom stereocenters. The Bertz CT molecular complexity index is 457. The third-order valence-corrected chi connectivity index (χ3v) is 2.00. The van der Waals surface area contributed by atoms with E-state index < -0.39 is 42.7 Å². The molecule has 1 rings (SSSR count). The second-order valence-corrected chi connectivity index (χ2v) is 3.36. The van der Waals surface area contributed by atoms with E-state index in [2.05, 4.69) is 9.72 Å². The van der Waals surface area contributed by atoms with Crippen LogP contribution in [-0.4, -0.2) is 16.5 Å². The zero-order chi connectivity index (χ0) is 14.8. The first-order valence-corrected chi connectivity index (χ1v) is 4.75. The van der Waals surface area contributed by atoms with Crippen molar-refractivity contribution < 1.29 is 36.2 Å². The minimum Gasteiger partial charge on any atom is -0.392 e. The summed E-state index contributed by atoms with van der Waals surface area (Å²) in [4.78, 5) is 3.05. The smallest absolute Gasteiger partial charge is 0.392 e. The van der Waals surface area contributed by atoms with E-state index in [1.165, 1.54) is 0 Å². The topological polar surface area (TPSA) is 68.4 Å². The summed E-state index contributed by atoms with van der Waals surface area (Å²) < 4.78 is 77.5. The molecule has 1 aromatic rings. The van der Waals surface area contributed by atoms with Crippen LogP contribution in [0, 0.1) is 0 Å². The fourth-order valence-corrected chi connectivity index (χ4v) is 1.35. The maximum Gasteiger partial charge on any atom is 0.574 e. The number of aliphatic hydroxyl groups is 1. The van der Waals surface area contributed by atoms with Crippen molar-refractivity contribution >= 4 is 0 Å². The minimum atomic E-state index is -5.34. The predicted molar refractivity (Wildman–Crippen MR) is 49.7 cm³/mol. The Kier molecular flexibility index (Phi) is 4.25. The predicted octanol–water partition coefficient (Wildman–Crippen LogP) is 1.95. The summed E-state index contributed by atoms with van der Waals surface area (Å²) in [6, 6.07) is 0.770. The van der Waals surface area contributed by atoms with Crippen molar-refractivity contribution in [3.8, 4) is 5.88 Å². The van der Waals surface area contributed by atoms with E-state index in [-0.39, 0.29) is 5.69 Å². The first-order chi connectivity index (χ1) is 8.58. The lowest BCUT2D eigenvalue weighted by atomic mass is 10.1. The second kappa shape index (κ2) is 5.21. The van der Waals surface area contributed by atoms with E-state index >= 15 is 0 Å². The Morgan fingerprint density at radius 2 is 1.79 bits per heavy atom. The van der Waals surface area contributed by atoms with Gasteiger partial charge in [0, 0.05) is 6.54 Å². The summed E-state index contributed by atoms with van der Waals surface area (Å²) in [7, 11) is 0. The molecule has 0 saturated heterocycles. The molecule has 3 N–H and O–H groups in total. The maximum atomic E-state index is 12.7. The normalized spacial score (nSPS) is 12.6. The lowest BCUT2D eigenvalue weighted by Gasteiger charge is -2.18. The number of rotatable bonds is 3. The van der Waals surface area contributed by atoms with Crippen LogP contribution in [0.3, 0.4) is 0 Å². The molecule has 0 amide bonds. The molecule has 0 fully saturated rings. The van der Waals surface area contributed by atoms with E-state index in [9.17, 15) is 26.3 Å². The molecule has 0 spiro atoms. The van der Waals surface area contributed by atoms with Crippen LogP contribution in [-0.2, 0) is 19.3 Å². The summed E-state index contributed by atoms with van der Waals surface area (Å²) >= 11 is 0. The molecule has 1 aromatic heterocycles. The molecule has 0 unspecified atom stereocenters. The number of halogens is 6. The number of aromatic nitrogens is 1. The molecule has 0 bridgehead atoms. The third kappa shape index (κ3) is 3.96. The van der Waals surface area contributed by atoms with Gasteiger partial charge in [0.25, 0.3) is 0 Å². The monoisotopic (exact) mass is 290 g/mol. The van der Waals surface area contributed by atoms with Gasteiger partial charge < -0.3 is 15.6 Å². The van der Waals surface area contributed by atoms with Gasteiger partial charge in [-0.2, -0.15) is 13.2 Å². The highest BCUT2D eigenvalue weighted by Gasteiger charge is 2.42. The van der Waals surface area contributed by atoms with Crippen LogP contribution in [0.15, 0.2) is 6.07 Å². The summed E-state index contributed by atoms with van der Waals surface area (Å²) in [5, 5.41) is 8.82. The van der Waals surface area contributed by atoms with E-state index in [0.717, 1.165) is 6.07 Å². The quantitative estimate of drug-likeness (QED) is 0.835. The molecular formula is C9H8F6N2O2. The van der Waals surface area contributed by atoms with Crippen molar-refractivity contribution in [3.05, 3.63) is 22.9 Å². The van der Waals surface area contributed by atoms with Gasteiger partial charge in [0.05, 0.1) is 12.3 Å². The average Bonchev–Trinajstić information content (AvgIpc) is 2.23. The molecule has 0 saturated carbocycles. The Balaban J connectivity index is 3.47. The number of nitrogens with zero attached hydrogens (tertiary/aromatic N) is 1. The van der Waals surface area contributed by atoms with Gasteiger partial charge in [-0.3, -0.25) is 0 Å². The van der Waals surface area contributed by atoms with Crippen LogP contribution in [0.2, 0.25) is 0 Å². The van der Waals surface area contributed by atoms with Crippen LogP contribution in [0.25, 0.3) is 0 Å². The van der Waals surface area contributed by atoms with E-state index in [1.54, 1.807) is 0 Å². The molecular weight excluding hydrogens is 282 g/mol. The summed E-state index contributed by atoms with van der Waals surface area (Å²) in [6.45, 7) is -1.53. The number of nitrogens with two attached hydrogens (primary N) is 1. The Morgan fingerprint density at radius 3 is 2.16 bits per heavy atom. The number of hydrogen-bond acceptors (Lipinski definition) is 4. The highest BCUT2D eigenvalue weighted by molar-refractivity contribution is 5.39. The molecule has 1 heterocycles. The molecule has 0 aliphatic heterocycles. The van der Waals surface area contributed by atoms with Gasteiger partial charge in [0.15, 0.2) is 0 Å². The molecule has 0 aromatic carbocycles. The minimum absolute atomic E-state index is 0.267. The molecule has 0 aliphatic carbocycles. The van der Waals surface area contributed by atoms with Gasteiger partial charge in [-0.15, -0.1) is 13.2 Å². The van der Waals surface area contributed by atoms with Gasteiger partial charge >= 0.3 is 12.5 Å². The van der Waals surface area contributed by atoms with Crippen molar-refractivity contribution in [3.63, 3.8) is 0 Å². The van der Waals surface area contributed by atoms with Crippen LogP contribution in [0.5, 0.6) is 5.88 Å². The molecule has 108 valence electrons. The van der Waals surface area contributed by atoms with Gasteiger partial charge in [-0.1, -0.05) is 0 Å². The van der Waals surface area contributed by atoms with Crippen LogP contribution < -0.4 is 10.5 Å². The van der Waals surface area contributed by atoms with Crippen LogP contribution >= 0.6 is 0 Å². The lowest BCUT2D eigenvalue weighted by molar-refractivity contribution is -0.278. The highest BCUT2D eigenvalue weighted by Crippen LogP contribution is 2.39. The first-order valence-electron chi connectivity index (χ1n) is 4.75. The Hall–Kier alpha value is -1.55. The molecule has 4 nitrogen and oxygen atoms in total. The van der Waals surface area contributed by atoms with Gasteiger partial charge in [0.1, 0.15) is 5.56 Å². The highest BCUT2D eigenvalue weighted by atomic mass is 19.4. The fraction of sp³-hybridized carbons (Fsp3) is 0.444. The van der Waals surface area contributed by atoms with Crippen molar-refractivity contribution in [1.29, 1.82) is 0 Å². The van der Waals surface area contributed by atoms with E-state index in [4.69, 9.17) is 10.8 Å². The van der Waals surface area contributed by atoms with Crippen molar-refractivity contribution in [2.24, 2.45) is 5.73 Å². The standard InChI is InChI=1S/C9H8F6N2O2/c10-8(11,12)6-4(3-18)1-5(2-16)17-7(6)19-9(13,14)15/h1,18H,2-3,16H2. The Morgan fingerprint density at radius 1 is 1.21 bits per heavy atom. The van der Waals surface area contributed by atoms with Crippen LogP contribution in [0.4, 0.5) is 26.3 Å². The summed E-state index contributed by atoms with van der Waals surface area (Å²) in [5.74, 6) is -1.67. The number of pyridine rings is 1. The zero-order valence-electron chi connectivity index (χ0n) is 9.14. The maximum absolute atomic E-state index is 12.7. The Labute approximate surface area is 102 Å². The number of alkyl halides is 6. The SMILES string of the molecule is NCc1cc(CO)c(C(F)(F)F)c(OC(F)(F)F)n1. The van der Waals surface area contributed by atoms with Crippen LogP contribution in [0.1, 0.15) is 16.8 Å². The van der Waals surface area contributed by atoms with Gasteiger partial charge in [0.2, 0.25) is 5.88 Å². The molecule has 10 heteroatoms. The number of ether oxygens (including phenoxy) is 1. The van der Waals surface area contributed by atoms with E-state index in [1.807, 2.05) is 0 Å². The number of hydrogen-bond donors (Lipinski definition) is 2. The van der Waals surface area contributed by atoms with Gasteiger partial charge in [-0.25, -0.2) is 4.98 Å². The largest absolute Gasteiger partial charge is 0.574 e. The average molecular weight is 290 g/mol. The molecule has 0 radical (unpaired) electrons. The third-order valence-electron chi connectivity index (χ3n) is 2.00. The summed E-state index contributed by atoms with van der Waals surface area (Å²) in [6.07, 6.45) is -10.5. The fourth-order valence-electron chi connectivity index (χ4n) is 1.35. The lowest BCUT2D eigenvalue weighted by Crippen LogP contribution is -2.23. The van der Waals surface area contributed by atoms with E-state index in [0.29, 0.717) is 0 Å². The van der Waals surface area contributed by atoms with Crippen molar-refractivity contribution in [2.45, 2.75) is 25.7 Å². The second-order valence-electron chi connectivity index (χ2n) is 3.36. The zero-order valence-corrected chi connectivity index (χ0v) is 9.14. The van der Waals surface area contributed by atoms with Crippen molar-refractivity contribution in [1.82, 2.24) is 4.98 Å². The molecule has 19 heavy (non-hydrogen) atoms. The van der Waals surface area contributed by atoms with Crippen molar-refractivity contribution in [2.75, 3.05) is 0 Å². The molecule has 0 aliphatic rings. The first kappa shape index (κ1) is 15.5. The summed E-state index contributed by atoms with van der Waals surface area (Å²) in [5.41, 5.74) is 2.27. The van der Waals surface area contributed by atoms with Gasteiger partial charge in [-0.05, 0) is 11.6 Å².